The fraction of sp³-hybridized carbons (Fsp3) is 0.250. The molecule has 0 aromatic carbocycles. The SMILES string of the molecule is CCOc1ccc2[nH]c(Cn3cccn3)nc2n1. The van der Waals surface area contributed by atoms with Gasteiger partial charge in [-0.15, -0.1) is 0 Å². The van der Waals surface area contributed by atoms with Gasteiger partial charge >= 0.3 is 0 Å². The summed E-state index contributed by atoms with van der Waals surface area (Å²) in [5.41, 5.74) is 1.57. The number of ether oxygens (including phenoxy) is 1. The van der Waals surface area contributed by atoms with Gasteiger partial charge in [-0.05, 0) is 19.1 Å². The van der Waals surface area contributed by atoms with E-state index >= 15 is 0 Å². The molecule has 92 valence electrons. The monoisotopic (exact) mass is 243 g/mol. The van der Waals surface area contributed by atoms with Crippen molar-refractivity contribution in [1.29, 1.82) is 0 Å². The molecule has 1 N–H and O–H groups in total. The summed E-state index contributed by atoms with van der Waals surface area (Å²) >= 11 is 0. The molecule has 0 aliphatic carbocycles. The van der Waals surface area contributed by atoms with E-state index in [0.29, 0.717) is 24.7 Å². The maximum atomic E-state index is 5.35. The number of aromatic amines is 1. The second kappa shape index (κ2) is 4.48. The second-order valence-electron chi connectivity index (χ2n) is 3.84. The number of nitrogens with one attached hydrogen (secondary N) is 1. The van der Waals surface area contributed by atoms with Crippen molar-refractivity contribution < 1.29 is 4.74 Å². The van der Waals surface area contributed by atoms with Crippen LogP contribution in [-0.2, 0) is 6.54 Å². The van der Waals surface area contributed by atoms with Crippen LogP contribution >= 0.6 is 0 Å². The molecule has 0 fully saturated rings. The highest BCUT2D eigenvalue weighted by molar-refractivity contribution is 5.71. The zero-order valence-corrected chi connectivity index (χ0v) is 10.00. The number of hydrogen-bond donors (Lipinski definition) is 1. The van der Waals surface area contributed by atoms with E-state index in [1.54, 1.807) is 10.9 Å². The predicted octanol–water partition coefficient (Wildman–Crippen LogP) is 1.60. The largest absolute Gasteiger partial charge is 0.478 e. The Kier molecular flexibility index (Phi) is 2.68. The van der Waals surface area contributed by atoms with Gasteiger partial charge in [0.25, 0.3) is 0 Å². The summed E-state index contributed by atoms with van der Waals surface area (Å²) in [6, 6.07) is 5.64. The van der Waals surface area contributed by atoms with Gasteiger partial charge in [0.2, 0.25) is 5.88 Å². The van der Waals surface area contributed by atoms with Crippen molar-refractivity contribution in [1.82, 2.24) is 24.7 Å². The normalized spacial score (nSPS) is 10.9. The summed E-state index contributed by atoms with van der Waals surface area (Å²) in [5.74, 6) is 1.43. The van der Waals surface area contributed by atoms with Crippen LogP contribution < -0.4 is 4.74 Å². The fourth-order valence-corrected chi connectivity index (χ4v) is 1.78. The summed E-state index contributed by atoms with van der Waals surface area (Å²) in [4.78, 5) is 12.0. The van der Waals surface area contributed by atoms with Crippen molar-refractivity contribution in [2.45, 2.75) is 13.5 Å². The van der Waals surface area contributed by atoms with Crippen molar-refractivity contribution in [3.05, 3.63) is 36.4 Å². The van der Waals surface area contributed by atoms with Crippen LogP contribution in [0.15, 0.2) is 30.6 Å². The minimum Gasteiger partial charge on any atom is -0.478 e. The molecule has 0 amide bonds. The average Bonchev–Trinajstić information content (AvgIpc) is 2.98. The summed E-state index contributed by atoms with van der Waals surface area (Å²) < 4.78 is 7.15. The van der Waals surface area contributed by atoms with E-state index in [1.165, 1.54) is 0 Å². The van der Waals surface area contributed by atoms with Gasteiger partial charge in [0.1, 0.15) is 5.82 Å². The standard InChI is InChI=1S/C12H13N5O/c1-2-18-11-5-4-9-12(16-11)15-10(14-9)8-17-7-3-6-13-17/h3-7H,2,8H2,1H3,(H,14,15,16). The minimum absolute atomic E-state index is 0.599. The third-order valence-corrected chi connectivity index (χ3v) is 2.53. The zero-order chi connectivity index (χ0) is 12.4. The molecule has 0 spiro atoms. The van der Waals surface area contributed by atoms with Crippen LogP contribution in [-0.4, -0.2) is 31.3 Å². The number of nitrogens with zero attached hydrogens (tertiary/aromatic N) is 4. The number of aromatic nitrogens is 5. The van der Waals surface area contributed by atoms with Crippen LogP contribution in [0.2, 0.25) is 0 Å². The first kappa shape index (κ1) is 10.8. The summed E-state index contributed by atoms with van der Waals surface area (Å²) in [6.07, 6.45) is 3.64. The Morgan fingerprint density at radius 3 is 3.06 bits per heavy atom. The molecule has 0 aliphatic heterocycles. The summed E-state index contributed by atoms with van der Waals surface area (Å²) in [7, 11) is 0. The molecule has 0 saturated heterocycles. The van der Waals surface area contributed by atoms with Crippen molar-refractivity contribution in [3.63, 3.8) is 0 Å². The zero-order valence-electron chi connectivity index (χ0n) is 10.00. The quantitative estimate of drug-likeness (QED) is 0.755. The third kappa shape index (κ3) is 2.04. The van der Waals surface area contributed by atoms with Gasteiger partial charge in [0.15, 0.2) is 5.65 Å². The lowest BCUT2D eigenvalue weighted by atomic mass is 10.4. The smallest absolute Gasteiger partial charge is 0.215 e. The van der Waals surface area contributed by atoms with E-state index in [0.717, 1.165) is 11.3 Å². The summed E-state index contributed by atoms with van der Waals surface area (Å²) in [5, 5.41) is 4.14. The third-order valence-electron chi connectivity index (χ3n) is 2.53. The maximum Gasteiger partial charge on any atom is 0.215 e. The highest BCUT2D eigenvalue weighted by Crippen LogP contribution is 2.14. The van der Waals surface area contributed by atoms with Crippen LogP contribution in [0, 0.1) is 0 Å². The van der Waals surface area contributed by atoms with Crippen LogP contribution in [0.4, 0.5) is 0 Å². The molecule has 3 aromatic heterocycles. The van der Waals surface area contributed by atoms with Crippen molar-refractivity contribution in [3.8, 4) is 5.88 Å². The van der Waals surface area contributed by atoms with Crippen LogP contribution in [0.25, 0.3) is 11.2 Å². The van der Waals surface area contributed by atoms with Crippen LogP contribution in [0.3, 0.4) is 0 Å². The summed E-state index contributed by atoms with van der Waals surface area (Å²) in [6.45, 7) is 3.13. The fourth-order valence-electron chi connectivity index (χ4n) is 1.78. The number of rotatable bonds is 4. The number of fused-ring (bicyclic) bond motifs is 1. The molecule has 3 rings (SSSR count). The van der Waals surface area contributed by atoms with E-state index in [2.05, 4.69) is 20.1 Å². The number of hydrogen-bond acceptors (Lipinski definition) is 4. The first-order valence-electron chi connectivity index (χ1n) is 5.81. The van der Waals surface area contributed by atoms with E-state index in [1.807, 2.05) is 31.3 Å². The lowest BCUT2D eigenvalue weighted by molar-refractivity contribution is 0.328. The first-order chi connectivity index (χ1) is 8.85. The number of pyridine rings is 1. The minimum atomic E-state index is 0.599. The van der Waals surface area contributed by atoms with Crippen LogP contribution in [0.5, 0.6) is 5.88 Å². The van der Waals surface area contributed by atoms with Gasteiger partial charge in [-0.25, -0.2) is 4.98 Å². The van der Waals surface area contributed by atoms with Gasteiger partial charge in [-0.3, -0.25) is 4.68 Å². The lowest BCUT2D eigenvalue weighted by Crippen LogP contribution is -2.01. The van der Waals surface area contributed by atoms with Crippen LogP contribution in [0.1, 0.15) is 12.7 Å². The van der Waals surface area contributed by atoms with Crippen molar-refractivity contribution in [2.75, 3.05) is 6.61 Å². The predicted molar refractivity (Wildman–Crippen MR) is 66.4 cm³/mol. The molecule has 0 bridgehead atoms. The molecular weight excluding hydrogens is 230 g/mol. The molecule has 0 radical (unpaired) electrons. The molecule has 0 aliphatic rings. The average molecular weight is 243 g/mol. The lowest BCUT2D eigenvalue weighted by Gasteiger charge is -1.99. The van der Waals surface area contributed by atoms with Gasteiger partial charge in [0, 0.05) is 18.5 Å². The molecule has 0 saturated carbocycles. The van der Waals surface area contributed by atoms with Gasteiger partial charge in [-0.2, -0.15) is 10.1 Å². The molecular formula is C12H13N5O. The Morgan fingerprint density at radius 2 is 2.28 bits per heavy atom. The Balaban J connectivity index is 1.90. The molecule has 3 heterocycles. The maximum absolute atomic E-state index is 5.35. The van der Waals surface area contributed by atoms with E-state index in [9.17, 15) is 0 Å². The Hall–Kier alpha value is -2.37. The first-order valence-corrected chi connectivity index (χ1v) is 5.81. The van der Waals surface area contributed by atoms with Gasteiger partial charge < -0.3 is 9.72 Å². The molecule has 6 heteroatoms. The Bertz CT molecular complexity index is 644. The van der Waals surface area contributed by atoms with E-state index in [-0.39, 0.29) is 0 Å². The number of H-pyrrole nitrogens is 1. The van der Waals surface area contributed by atoms with Crippen molar-refractivity contribution >= 4 is 11.2 Å². The second-order valence-corrected chi connectivity index (χ2v) is 3.84. The number of imidazole rings is 1. The van der Waals surface area contributed by atoms with E-state index in [4.69, 9.17) is 4.74 Å². The molecule has 0 atom stereocenters. The molecule has 0 unspecified atom stereocenters. The molecule has 6 nitrogen and oxygen atoms in total. The van der Waals surface area contributed by atoms with Gasteiger partial charge in [-0.1, -0.05) is 0 Å². The highest BCUT2D eigenvalue weighted by Gasteiger charge is 2.06. The highest BCUT2D eigenvalue weighted by atomic mass is 16.5. The topological polar surface area (TPSA) is 68.6 Å². The van der Waals surface area contributed by atoms with Gasteiger partial charge in [0.05, 0.1) is 18.7 Å². The Morgan fingerprint density at radius 1 is 1.33 bits per heavy atom. The molecule has 18 heavy (non-hydrogen) atoms. The molecule has 3 aromatic rings. The van der Waals surface area contributed by atoms with Crippen molar-refractivity contribution in [2.24, 2.45) is 0 Å². The van der Waals surface area contributed by atoms with E-state index < -0.39 is 0 Å². The Labute approximate surface area is 104 Å².